The summed E-state index contributed by atoms with van der Waals surface area (Å²) in [6.45, 7) is 5.66. The van der Waals surface area contributed by atoms with Gasteiger partial charge in [-0.1, -0.05) is 0 Å². The van der Waals surface area contributed by atoms with Crippen LogP contribution in [0.3, 0.4) is 0 Å². The molecule has 4 nitrogen and oxygen atoms in total. The van der Waals surface area contributed by atoms with Crippen LogP contribution in [0.5, 0.6) is 0 Å². The van der Waals surface area contributed by atoms with Crippen molar-refractivity contribution in [3.8, 4) is 0 Å². The Balaban J connectivity index is 0.00000220. The predicted molar refractivity (Wildman–Crippen MR) is 88.6 cm³/mol. The summed E-state index contributed by atoms with van der Waals surface area (Å²) in [4.78, 5) is 26.0. The van der Waals surface area contributed by atoms with Crippen molar-refractivity contribution in [3.63, 3.8) is 0 Å². The fraction of sp³-hybridized carbons (Fsp3) is 0.600. The Bertz CT molecular complexity index is 496. The van der Waals surface area contributed by atoms with Gasteiger partial charge in [-0.3, -0.25) is 9.59 Å². The molecule has 0 aromatic carbocycles. The molecule has 6 heteroatoms. The van der Waals surface area contributed by atoms with E-state index in [9.17, 15) is 9.59 Å². The number of Topliss-reactive ketones (excluding diaryl/α,β-unsaturated/α-hetero) is 1. The standard InChI is InChI=1S/C15H22N2O2S.ClH/c1-10-8-13(11(2)20-10)14(18)5-6-15(19)17-9-12-4-3-7-16-12;/h8,12,16H,3-7,9H2,1-2H3,(H,17,19);1H. The Morgan fingerprint density at radius 3 is 2.71 bits per heavy atom. The van der Waals surface area contributed by atoms with Crippen molar-refractivity contribution >= 4 is 35.4 Å². The molecule has 0 bridgehead atoms. The van der Waals surface area contributed by atoms with E-state index in [4.69, 9.17) is 0 Å². The van der Waals surface area contributed by atoms with E-state index in [0.717, 1.165) is 28.3 Å². The fourth-order valence-electron chi connectivity index (χ4n) is 2.53. The number of carbonyl (C=O) groups excluding carboxylic acids is 2. The number of carbonyl (C=O) groups is 2. The summed E-state index contributed by atoms with van der Waals surface area (Å²) in [5, 5.41) is 6.23. The molecule has 0 radical (unpaired) electrons. The van der Waals surface area contributed by atoms with Crippen molar-refractivity contribution in [2.24, 2.45) is 0 Å². The first-order chi connectivity index (χ1) is 9.56. The molecule has 1 atom stereocenters. The highest BCUT2D eigenvalue weighted by molar-refractivity contribution is 7.12. The van der Waals surface area contributed by atoms with Crippen LogP contribution >= 0.6 is 23.7 Å². The highest BCUT2D eigenvalue weighted by Gasteiger charge is 2.16. The molecule has 21 heavy (non-hydrogen) atoms. The van der Waals surface area contributed by atoms with Gasteiger partial charge in [0, 0.05) is 40.7 Å². The molecule has 1 aliphatic rings. The second-order valence-corrected chi connectivity index (χ2v) is 6.81. The van der Waals surface area contributed by atoms with Crippen molar-refractivity contribution in [2.75, 3.05) is 13.1 Å². The second kappa shape index (κ2) is 8.51. The average Bonchev–Trinajstić information content (AvgIpc) is 3.03. The lowest BCUT2D eigenvalue weighted by atomic mass is 10.1. The minimum absolute atomic E-state index is 0. The molecule has 0 saturated carbocycles. The molecule has 2 heterocycles. The summed E-state index contributed by atoms with van der Waals surface area (Å²) in [5.74, 6) is 0.0395. The zero-order valence-electron chi connectivity index (χ0n) is 12.5. The monoisotopic (exact) mass is 330 g/mol. The number of amides is 1. The molecule has 1 saturated heterocycles. The van der Waals surface area contributed by atoms with E-state index in [0.29, 0.717) is 19.0 Å². The number of hydrogen-bond donors (Lipinski definition) is 2. The van der Waals surface area contributed by atoms with Gasteiger partial charge < -0.3 is 10.6 Å². The Morgan fingerprint density at radius 1 is 1.38 bits per heavy atom. The third-order valence-corrected chi connectivity index (χ3v) is 4.59. The number of rotatable bonds is 6. The van der Waals surface area contributed by atoms with Crippen molar-refractivity contribution < 1.29 is 9.59 Å². The number of thiophene rings is 1. The molecular weight excluding hydrogens is 308 g/mol. The fourth-order valence-corrected chi connectivity index (χ4v) is 3.47. The minimum Gasteiger partial charge on any atom is -0.355 e. The lowest BCUT2D eigenvalue weighted by Gasteiger charge is -2.11. The van der Waals surface area contributed by atoms with Gasteiger partial charge in [0.25, 0.3) is 0 Å². The Kier molecular flexibility index (Phi) is 7.35. The first-order valence-electron chi connectivity index (χ1n) is 7.16. The first kappa shape index (κ1) is 18.1. The highest BCUT2D eigenvalue weighted by atomic mass is 35.5. The van der Waals surface area contributed by atoms with Crippen molar-refractivity contribution in [3.05, 3.63) is 21.4 Å². The summed E-state index contributed by atoms with van der Waals surface area (Å²) >= 11 is 1.63. The molecule has 1 amide bonds. The largest absolute Gasteiger partial charge is 0.355 e. The van der Waals surface area contributed by atoms with Gasteiger partial charge in [0.1, 0.15) is 0 Å². The quantitative estimate of drug-likeness (QED) is 0.788. The summed E-state index contributed by atoms with van der Waals surface area (Å²) in [6, 6.07) is 2.32. The van der Waals surface area contributed by atoms with Gasteiger partial charge in [0.05, 0.1) is 0 Å². The molecule has 1 aliphatic heterocycles. The Hall–Kier alpha value is -0.910. The number of halogens is 1. The molecule has 0 spiro atoms. The van der Waals surface area contributed by atoms with Crippen LogP contribution in [-0.4, -0.2) is 30.8 Å². The molecule has 2 N–H and O–H groups in total. The SMILES string of the molecule is Cc1cc(C(=O)CCC(=O)NCC2CCCN2)c(C)s1.Cl. The van der Waals surface area contributed by atoms with E-state index in [2.05, 4.69) is 10.6 Å². The molecule has 1 fully saturated rings. The Labute approximate surface area is 136 Å². The van der Waals surface area contributed by atoms with Crippen LogP contribution in [0.2, 0.25) is 0 Å². The van der Waals surface area contributed by atoms with Crippen LogP contribution in [0.1, 0.15) is 45.8 Å². The zero-order chi connectivity index (χ0) is 14.5. The average molecular weight is 331 g/mol. The van der Waals surface area contributed by atoms with Crippen LogP contribution in [-0.2, 0) is 4.79 Å². The van der Waals surface area contributed by atoms with Crippen LogP contribution in [0.25, 0.3) is 0 Å². The minimum atomic E-state index is -0.0309. The third kappa shape index (κ3) is 5.41. The third-order valence-electron chi connectivity index (χ3n) is 3.63. The van der Waals surface area contributed by atoms with Gasteiger partial charge in [-0.25, -0.2) is 0 Å². The number of aryl methyl sites for hydroxylation is 2. The van der Waals surface area contributed by atoms with Crippen molar-refractivity contribution in [2.45, 2.75) is 45.6 Å². The van der Waals surface area contributed by atoms with E-state index in [1.807, 2.05) is 19.9 Å². The van der Waals surface area contributed by atoms with E-state index < -0.39 is 0 Å². The number of nitrogens with one attached hydrogen (secondary N) is 2. The summed E-state index contributed by atoms with van der Waals surface area (Å²) in [6.07, 6.45) is 2.86. The van der Waals surface area contributed by atoms with E-state index in [1.54, 1.807) is 11.3 Å². The van der Waals surface area contributed by atoms with Gasteiger partial charge in [-0.05, 0) is 39.3 Å². The van der Waals surface area contributed by atoms with Crippen molar-refractivity contribution in [1.29, 1.82) is 0 Å². The zero-order valence-corrected chi connectivity index (χ0v) is 14.2. The number of hydrogen-bond acceptors (Lipinski definition) is 4. The smallest absolute Gasteiger partial charge is 0.220 e. The summed E-state index contributed by atoms with van der Waals surface area (Å²) in [5.41, 5.74) is 0.776. The van der Waals surface area contributed by atoms with Gasteiger partial charge in [-0.15, -0.1) is 23.7 Å². The van der Waals surface area contributed by atoms with E-state index >= 15 is 0 Å². The van der Waals surface area contributed by atoms with Crippen LogP contribution in [0.15, 0.2) is 6.07 Å². The molecule has 1 aromatic rings. The maximum Gasteiger partial charge on any atom is 0.220 e. The van der Waals surface area contributed by atoms with Crippen molar-refractivity contribution in [1.82, 2.24) is 10.6 Å². The van der Waals surface area contributed by atoms with Gasteiger partial charge >= 0.3 is 0 Å². The summed E-state index contributed by atoms with van der Waals surface area (Å²) in [7, 11) is 0. The molecule has 118 valence electrons. The molecule has 2 rings (SSSR count). The van der Waals surface area contributed by atoms with Crippen LogP contribution < -0.4 is 10.6 Å². The second-order valence-electron chi connectivity index (χ2n) is 5.35. The van der Waals surface area contributed by atoms with E-state index in [1.165, 1.54) is 6.42 Å². The maximum atomic E-state index is 12.1. The first-order valence-corrected chi connectivity index (χ1v) is 7.98. The topological polar surface area (TPSA) is 58.2 Å². The van der Waals surface area contributed by atoms with E-state index in [-0.39, 0.29) is 30.5 Å². The maximum absolute atomic E-state index is 12.1. The summed E-state index contributed by atoms with van der Waals surface area (Å²) < 4.78 is 0. The lowest BCUT2D eigenvalue weighted by Crippen LogP contribution is -2.37. The van der Waals surface area contributed by atoms with Gasteiger partial charge in [-0.2, -0.15) is 0 Å². The highest BCUT2D eigenvalue weighted by Crippen LogP contribution is 2.22. The predicted octanol–water partition coefficient (Wildman–Crippen LogP) is 2.62. The lowest BCUT2D eigenvalue weighted by molar-refractivity contribution is -0.121. The molecule has 1 unspecified atom stereocenters. The molecular formula is C15H23ClN2O2S. The van der Waals surface area contributed by atoms with Gasteiger partial charge in [0.2, 0.25) is 5.91 Å². The van der Waals surface area contributed by atoms with Gasteiger partial charge in [0.15, 0.2) is 5.78 Å². The molecule has 0 aliphatic carbocycles. The normalized spacial score (nSPS) is 17.3. The van der Waals surface area contributed by atoms with Crippen LogP contribution in [0.4, 0.5) is 0 Å². The van der Waals surface area contributed by atoms with Crippen LogP contribution in [0, 0.1) is 13.8 Å². The Morgan fingerprint density at radius 2 is 2.14 bits per heavy atom. The molecule has 1 aromatic heterocycles. The number of ketones is 1.